The van der Waals surface area contributed by atoms with Crippen LogP contribution in [-0.4, -0.2) is 15.7 Å². The van der Waals surface area contributed by atoms with E-state index in [1.54, 1.807) is 30.0 Å². The van der Waals surface area contributed by atoms with Crippen molar-refractivity contribution in [3.8, 4) is 0 Å². The Balaban J connectivity index is 2.26. The van der Waals surface area contributed by atoms with Crippen molar-refractivity contribution in [3.05, 3.63) is 28.6 Å². The number of thioether (sulfide) groups is 1. The molecule has 0 aliphatic rings. The van der Waals surface area contributed by atoms with Crippen molar-refractivity contribution in [3.63, 3.8) is 0 Å². The fourth-order valence-electron chi connectivity index (χ4n) is 1.59. The molecule has 2 rings (SSSR count). The van der Waals surface area contributed by atoms with Gasteiger partial charge in [-0.25, -0.2) is 4.98 Å². The number of aromatic amines is 1. The number of nitrogens with zero attached hydrogens (tertiary/aromatic N) is 1. The van der Waals surface area contributed by atoms with Crippen LogP contribution in [0, 0.1) is 5.92 Å². The van der Waals surface area contributed by atoms with Crippen molar-refractivity contribution >= 4 is 28.4 Å². The Hall–Kier alpha value is -1.49. The number of hydrogen-bond acceptors (Lipinski definition) is 4. The largest absolute Gasteiger partial charge is 0.399 e. The van der Waals surface area contributed by atoms with Gasteiger partial charge < -0.3 is 10.7 Å². The zero-order valence-corrected chi connectivity index (χ0v) is 11.4. The second-order valence-corrected chi connectivity index (χ2v) is 5.76. The summed E-state index contributed by atoms with van der Waals surface area (Å²) in [6.07, 6.45) is 1.11. The third kappa shape index (κ3) is 3.04. The Bertz CT molecular complexity index is 607. The van der Waals surface area contributed by atoms with Crippen LogP contribution in [0.3, 0.4) is 0 Å². The lowest BCUT2D eigenvalue weighted by Crippen LogP contribution is -2.09. The predicted octanol–water partition coefficient (Wildman–Crippen LogP) is 2.64. The van der Waals surface area contributed by atoms with Crippen LogP contribution in [0.5, 0.6) is 0 Å². The van der Waals surface area contributed by atoms with Crippen LogP contribution in [0.1, 0.15) is 20.3 Å². The number of aromatic nitrogens is 2. The molecule has 0 amide bonds. The van der Waals surface area contributed by atoms with Gasteiger partial charge in [-0.05, 0) is 30.5 Å². The molecule has 4 nitrogen and oxygen atoms in total. The summed E-state index contributed by atoms with van der Waals surface area (Å²) in [7, 11) is 0. The van der Waals surface area contributed by atoms with E-state index in [1.165, 1.54) is 0 Å². The number of benzene rings is 1. The molecule has 0 fully saturated rings. The van der Waals surface area contributed by atoms with Crippen molar-refractivity contribution < 1.29 is 0 Å². The maximum absolute atomic E-state index is 11.9. The first-order valence-corrected chi connectivity index (χ1v) is 6.97. The second kappa shape index (κ2) is 5.44. The molecule has 96 valence electrons. The molecule has 0 saturated carbocycles. The number of fused-ring (bicyclic) bond motifs is 1. The molecule has 0 unspecified atom stereocenters. The molecule has 0 saturated heterocycles. The summed E-state index contributed by atoms with van der Waals surface area (Å²) >= 11 is 1.58. The Labute approximate surface area is 110 Å². The number of nitrogens with one attached hydrogen (secondary N) is 1. The Morgan fingerprint density at radius 3 is 2.94 bits per heavy atom. The van der Waals surface area contributed by atoms with Gasteiger partial charge in [0, 0.05) is 11.4 Å². The van der Waals surface area contributed by atoms with E-state index < -0.39 is 0 Å². The van der Waals surface area contributed by atoms with Crippen molar-refractivity contribution in [1.82, 2.24) is 9.97 Å². The standard InChI is InChI=1S/C13H17N3OS/c1-8(2)5-6-18-13-15-11-4-3-9(14)7-10(11)12(17)16-13/h3-4,7-8H,5-6,14H2,1-2H3,(H,15,16,17). The third-order valence-electron chi connectivity index (χ3n) is 2.64. The smallest absolute Gasteiger partial charge is 0.259 e. The highest BCUT2D eigenvalue weighted by atomic mass is 32.2. The van der Waals surface area contributed by atoms with Crippen LogP contribution in [-0.2, 0) is 0 Å². The topological polar surface area (TPSA) is 71.8 Å². The lowest BCUT2D eigenvalue weighted by molar-refractivity contribution is 0.631. The fraction of sp³-hybridized carbons (Fsp3) is 0.385. The van der Waals surface area contributed by atoms with Gasteiger partial charge in [0.15, 0.2) is 5.16 Å². The molecule has 1 heterocycles. The van der Waals surface area contributed by atoms with E-state index in [9.17, 15) is 4.79 Å². The van der Waals surface area contributed by atoms with Gasteiger partial charge in [0.05, 0.1) is 10.9 Å². The van der Waals surface area contributed by atoms with Crippen molar-refractivity contribution in [2.45, 2.75) is 25.4 Å². The molecule has 0 bridgehead atoms. The fourth-order valence-corrected chi connectivity index (χ4v) is 2.70. The quantitative estimate of drug-likeness (QED) is 0.505. The Kier molecular flexibility index (Phi) is 3.91. The molecule has 0 radical (unpaired) electrons. The van der Waals surface area contributed by atoms with E-state index >= 15 is 0 Å². The highest BCUT2D eigenvalue weighted by Crippen LogP contribution is 2.18. The minimum Gasteiger partial charge on any atom is -0.399 e. The first kappa shape index (κ1) is 13.0. The maximum Gasteiger partial charge on any atom is 0.259 e. The normalized spacial score (nSPS) is 11.3. The summed E-state index contributed by atoms with van der Waals surface area (Å²) in [5, 5.41) is 1.22. The second-order valence-electron chi connectivity index (χ2n) is 4.68. The van der Waals surface area contributed by atoms with E-state index in [0.717, 1.165) is 12.2 Å². The van der Waals surface area contributed by atoms with Crippen molar-refractivity contribution in [2.24, 2.45) is 5.92 Å². The maximum atomic E-state index is 11.9. The van der Waals surface area contributed by atoms with Crippen LogP contribution in [0.4, 0.5) is 5.69 Å². The third-order valence-corrected chi connectivity index (χ3v) is 3.55. The van der Waals surface area contributed by atoms with E-state index in [-0.39, 0.29) is 5.56 Å². The summed E-state index contributed by atoms with van der Waals surface area (Å²) in [4.78, 5) is 19.1. The molecule has 18 heavy (non-hydrogen) atoms. The molecule has 0 aliphatic heterocycles. The van der Waals surface area contributed by atoms with Gasteiger partial charge in [-0.2, -0.15) is 0 Å². The molecule has 1 aromatic carbocycles. The predicted molar refractivity (Wildman–Crippen MR) is 77.0 cm³/mol. The molecule has 0 aliphatic carbocycles. The summed E-state index contributed by atoms with van der Waals surface area (Å²) in [6.45, 7) is 4.36. The minimum absolute atomic E-state index is 0.126. The number of H-pyrrole nitrogens is 1. The first-order valence-electron chi connectivity index (χ1n) is 5.98. The van der Waals surface area contributed by atoms with E-state index in [4.69, 9.17) is 5.73 Å². The van der Waals surface area contributed by atoms with Gasteiger partial charge in [0.2, 0.25) is 0 Å². The minimum atomic E-state index is -0.126. The van der Waals surface area contributed by atoms with Crippen LogP contribution < -0.4 is 11.3 Å². The molecular weight excluding hydrogens is 246 g/mol. The highest BCUT2D eigenvalue weighted by molar-refractivity contribution is 7.99. The summed E-state index contributed by atoms with van der Waals surface area (Å²) in [5.41, 5.74) is 6.81. The SMILES string of the molecule is CC(C)CCSc1nc2ccc(N)cc2c(=O)[nH]1. The van der Waals surface area contributed by atoms with Gasteiger partial charge in [-0.3, -0.25) is 4.79 Å². The monoisotopic (exact) mass is 263 g/mol. The number of hydrogen-bond donors (Lipinski definition) is 2. The Morgan fingerprint density at radius 1 is 1.44 bits per heavy atom. The highest BCUT2D eigenvalue weighted by Gasteiger charge is 2.05. The average Bonchev–Trinajstić information content (AvgIpc) is 2.30. The first-order chi connectivity index (χ1) is 8.56. The molecule has 1 aromatic heterocycles. The van der Waals surface area contributed by atoms with E-state index in [0.29, 0.717) is 27.7 Å². The van der Waals surface area contributed by atoms with Gasteiger partial charge >= 0.3 is 0 Å². The molecule has 2 aromatic rings. The van der Waals surface area contributed by atoms with Gasteiger partial charge in [-0.15, -0.1) is 0 Å². The summed E-state index contributed by atoms with van der Waals surface area (Å²) in [6, 6.07) is 5.20. The summed E-state index contributed by atoms with van der Waals surface area (Å²) in [5.74, 6) is 1.62. The van der Waals surface area contributed by atoms with Gasteiger partial charge in [0.25, 0.3) is 5.56 Å². The van der Waals surface area contributed by atoms with Gasteiger partial charge in [-0.1, -0.05) is 25.6 Å². The molecule has 0 spiro atoms. The number of nitrogen functional groups attached to an aromatic ring is 1. The van der Waals surface area contributed by atoms with Crippen molar-refractivity contribution in [1.29, 1.82) is 0 Å². The Morgan fingerprint density at radius 2 is 2.22 bits per heavy atom. The lowest BCUT2D eigenvalue weighted by atomic mass is 10.2. The van der Waals surface area contributed by atoms with Crippen LogP contribution in [0.25, 0.3) is 10.9 Å². The zero-order valence-electron chi connectivity index (χ0n) is 10.6. The number of rotatable bonds is 4. The molecule has 5 heteroatoms. The van der Waals surface area contributed by atoms with Crippen molar-refractivity contribution in [2.75, 3.05) is 11.5 Å². The van der Waals surface area contributed by atoms with Crippen LogP contribution in [0.15, 0.2) is 28.2 Å². The van der Waals surface area contributed by atoms with Crippen LogP contribution >= 0.6 is 11.8 Å². The average molecular weight is 263 g/mol. The molecule has 3 N–H and O–H groups in total. The molecular formula is C13H17N3OS. The molecule has 0 atom stereocenters. The van der Waals surface area contributed by atoms with E-state index in [1.807, 2.05) is 0 Å². The van der Waals surface area contributed by atoms with Gasteiger partial charge in [0.1, 0.15) is 0 Å². The van der Waals surface area contributed by atoms with Crippen LogP contribution in [0.2, 0.25) is 0 Å². The number of nitrogens with two attached hydrogens (primary N) is 1. The number of anilines is 1. The zero-order chi connectivity index (χ0) is 13.1. The summed E-state index contributed by atoms with van der Waals surface area (Å²) < 4.78 is 0. The lowest BCUT2D eigenvalue weighted by Gasteiger charge is -2.05. The van der Waals surface area contributed by atoms with E-state index in [2.05, 4.69) is 23.8 Å².